The molecule has 0 fully saturated rings. The molecule has 1 atom stereocenters. The minimum Gasteiger partial charge on any atom is -0.272 e. The molecule has 1 amide bonds. The van der Waals surface area contributed by atoms with Crippen LogP contribution >= 0.6 is 11.6 Å². The normalized spacial score (nSPS) is 18.1. The Morgan fingerprint density at radius 1 is 1.14 bits per heavy atom. The number of nitrogens with zero attached hydrogens (tertiary/aromatic N) is 1. The monoisotopic (exact) mass is 302 g/mol. The number of nitrogens with one attached hydrogen (secondary N) is 1. The van der Waals surface area contributed by atoms with Gasteiger partial charge in [0.2, 0.25) is 5.91 Å². The van der Waals surface area contributed by atoms with Crippen molar-refractivity contribution in [1.82, 2.24) is 5.43 Å². The average Bonchev–Trinajstić information content (AvgIpc) is 2.50. The Morgan fingerprint density at radius 3 is 2.57 bits per heavy atom. The smallest absolute Gasteiger partial charge is 0.248 e. The van der Waals surface area contributed by atoms with Gasteiger partial charge in [-0.1, -0.05) is 41.9 Å². The van der Waals surface area contributed by atoms with Gasteiger partial charge in [-0.05, 0) is 23.8 Å². The van der Waals surface area contributed by atoms with Crippen LogP contribution < -0.4 is 5.43 Å². The Bertz CT molecular complexity index is 712. The molecule has 0 saturated heterocycles. The van der Waals surface area contributed by atoms with Crippen molar-refractivity contribution in [2.24, 2.45) is 5.10 Å². The molecule has 0 aliphatic carbocycles. The van der Waals surface area contributed by atoms with Crippen molar-refractivity contribution in [1.29, 1.82) is 0 Å². The summed E-state index contributed by atoms with van der Waals surface area (Å²) in [6.07, 6.45) is 0.356. The largest absolute Gasteiger partial charge is 0.272 e. The Labute approximate surface area is 126 Å². The van der Waals surface area contributed by atoms with Crippen molar-refractivity contribution in [3.63, 3.8) is 0 Å². The molecule has 0 radical (unpaired) electrons. The maximum absolute atomic E-state index is 13.8. The van der Waals surface area contributed by atoms with Crippen molar-refractivity contribution in [3.05, 3.63) is 70.5 Å². The van der Waals surface area contributed by atoms with E-state index in [1.165, 1.54) is 6.07 Å². The summed E-state index contributed by atoms with van der Waals surface area (Å²) in [6, 6.07) is 13.5. The zero-order valence-electron chi connectivity index (χ0n) is 11.0. The Hall–Kier alpha value is -2.20. The lowest BCUT2D eigenvalue weighted by Gasteiger charge is -2.22. The predicted octanol–water partition coefficient (Wildman–Crippen LogP) is 3.49. The molecule has 1 aliphatic rings. The number of benzene rings is 2. The maximum atomic E-state index is 13.8. The molecule has 106 valence electrons. The van der Waals surface area contributed by atoms with Gasteiger partial charge in [-0.15, -0.1) is 0 Å². The fourth-order valence-corrected chi connectivity index (χ4v) is 2.49. The third kappa shape index (κ3) is 2.81. The van der Waals surface area contributed by atoms with E-state index in [1.54, 1.807) is 42.5 Å². The molecule has 1 N–H and O–H groups in total. The van der Waals surface area contributed by atoms with Crippen molar-refractivity contribution in [2.45, 2.75) is 12.3 Å². The highest BCUT2D eigenvalue weighted by Crippen LogP contribution is 2.27. The van der Waals surface area contributed by atoms with E-state index in [1.807, 2.05) is 0 Å². The fourth-order valence-electron chi connectivity index (χ4n) is 2.36. The first kappa shape index (κ1) is 13.8. The first-order valence-corrected chi connectivity index (χ1v) is 6.90. The third-order valence-electron chi connectivity index (χ3n) is 3.47. The number of hydrogen-bond donors (Lipinski definition) is 1. The van der Waals surface area contributed by atoms with E-state index in [9.17, 15) is 9.18 Å². The van der Waals surface area contributed by atoms with Crippen molar-refractivity contribution in [3.8, 4) is 0 Å². The van der Waals surface area contributed by atoms with Gasteiger partial charge in [0.15, 0.2) is 0 Å². The number of carbonyl (C=O) groups excluding carboxylic acids is 1. The van der Waals surface area contributed by atoms with E-state index in [0.717, 1.165) is 5.56 Å². The van der Waals surface area contributed by atoms with E-state index in [0.29, 0.717) is 22.7 Å². The highest BCUT2D eigenvalue weighted by Gasteiger charge is 2.28. The maximum Gasteiger partial charge on any atom is 0.248 e. The number of hydrogen-bond acceptors (Lipinski definition) is 2. The summed E-state index contributed by atoms with van der Waals surface area (Å²) >= 11 is 5.86. The second kappa shape index (κ2) is 5.66. The van der Waals surface area contributed by atoms with Gasteiger partial charge in [0.05, 0.1) is 11.6 Å². The number of halogens is 2. The van der Waals surface area contributed by atoms with Crippen LogP contribution in [0.15, 0.2) is 53.6 Å². The summed E-state index contributed by atoms with van der Waals surface area (Å²) in [6.45, 7) is 0. The fraction of sp³-hybridized carbons (Fsp3) is 0.125. The third-order valence-corrected chi connectivity index (χ3v) is 3.72. The quantitative estimate of drug-likeness (QED) is 0.906. The van der Waals surface area contributed by atoms with Gasteiger partial charge in [-0.3, -0.25) is 4.79 Å². The number of hydrazone groups is 1. The van der Waals surface area contributed by atoms with Gasteiger partial charge in [-0.25, -0.2) is 9.82 Å². The van der Waals surface area contributed by atoms with Crippen LogP contribution in [0.3, 0.4) is 0 Å². The zero-order chi connectivity index (χ0) is 14.8. The summed E-state index contributed by atoms with van der Waals surface area (Å²) < 4.78 is 13.8. The molecule has 3 rings (SSSR count). The Kier molecular flexibility index (Phi) is 3.71. The summed E-state index contributed by atoms with van der Waals surface area (Å²) in [7, 11) is 0. The topological polar surface area (TPSA) is 41.5 Å². The molecule has 5 heteroatoms. The molecule has 21 heavy (non-hydrogen) atoms. The van der Waals surface area contributed by atoms with Gasteiger partial charge >= 0.3 is 0 Å². The lowest BCUT2D eigenvalue weighted by Crippen LogP contribution is -2.33. The van der Waals surface area contributed by atoms with Gasteiger partial charge in [0.25, 0.3) is 0 Å². The Balaban J connectivity index is 1.92. The van der Waals surface area contributed by atoms with E-state index in [2.05, 4.69) is 10.5 Å². The molecule has 0 bridgehead atoms. The summed E-state index contributed by atoms with van der Waals surface area (Å²) in [5.74, 6) is -0.936. The van der Waals surface area contributed by atoms with E-state index in [4.69, 9.17) is 11.6 Å². The van der Waals surface area contributed by atoms with Crippen LogP contribution in [-0.2, 0) is 4.79 Å². The van der Waals surface area contributed by atoms with Crippen LogP contribution in [0.5, 0.6) is 0 Å². The molecular weight excluding hydrogens is 291 g/mol. The minimum atomic E-state index is -0.394. The molecular formula is C16H12ClFN2O. The van der Waals surface area contributed by atoms with Crippen LogP contribution in [0, 0.1) is 5.82 Å². The molecule has 0 aromatic heterocycles. The van der Waals surface area contributed by atoms with Crippen LogP contribution in [0.25, 0.3) is 0 Å². The Morgan fingerprint density at radius 2 is 1.86 bits per heavy atom. The molecule has 2 aromatic carbocycles. The van der Waals surface area contributed by atoms with Crippen LogP contribution in [0.1, 0.15) is 23.5 Å². The van der Waals surface area contributed by atoms with Crippen molar-refractivity contribution in [2.75, 3.05) is 0 Å². The van der Waals surface area contributed by atoms with Gasteiger partial charge in [-0.2, -0.15) is 5.10 Å². The second-order valence-corrected chi connectivity index (χ2v) is 5.26. The van der Waals surface area contributed by atoms with Gasteiger partial charge < -0.3 is 0 Å². The first-order chi connectivity index (χ1) is 10.1. The molecule has 0 saturated carbocycles. The summed E-state index contributed by atoms with van der Waals surface area (Å²) in [5, 5.41) is 4.60. The highest BCUT2D eigenvalue weighted by molar-refractivity contribution is 6.30. The van der Waals surface area contributed by atoms with Gasteiger partial charge in [0.1, 0.15) is 5.82 Å². The molecule has 2 aromatic rings. The van der Waals surface area contributed by atoms with E-state index in [-0.39, 0.29) is 11.7 Å². The molecule has 1 heterocycles. The number of carbonyl (C=O) groups is 1. The predicted molar refractivity (Wildman–Crippen MR) is 79.9 cm³/mol. The SMILES string of the molecule is O=C1NN=C(c2ccccc2F)C[C@@H]1c1ccc(Cl)cc1. The molecule has 0 spiro atoms. The van der Waals surface area contributed by atoms with Crippen LogP contribution in [0.4, 0.5) is 4.39 Å². The lowest BCUT2D eigenvalue weighted by atomic mass is 9.89. The zero-order valence-corrected chi connectivity index (χ0v) is 11.8. The highest BCUT2D eigenvalue weighted by atomic mass is 35.5. The minimum absolute atomic E-state index is 0.197. The van der Waals surface area contributed by atoms with Crippen molar-refractivity contribution < 1.29 is 9.18 Å². The molecule has 3 nitrogen and oxygen atoms in total. The summed E-state index contributed by atoms with van der Waals surface area (Å²) in [4.78, 5) is 12.0. The van der Waals surface area contributed by atoms with Crippen LogP contribution in [0.2, 0.25) is 5.02 Å². The van der Waals surface area contributed by atoms with Gasteiger partial charge in [0, 0.05) is 17.0 Å². The first-order valence-electron chi connectivity index (χ1n) is 6.52. The average molecular weight is 303 g/mol. The lowest BCUT2D eigenvalue weighted by molar-refractivity contribution is -0.122. The number of amides is 1. The molecule has 1 aliphatic heterocycles. The van der Waals surface area contributed by atoms with Crippen molar-refractivity contribution >= 4 is 23.2 Å². The second-order valence-electron chi connectivity index (χ2n) is 4.82. The van der Waals surface area contributed by atoms with E-state index < -0.39 is 5.92 Å². The standard InChI is InChI=1S/C16H12ClFN2O/c17-11-7-5-10(6-8-11)13-9-15(19-20-16(13)21)12-3-1-2-4-14(12)18/h1-8,13H,9H2,(H,20,21)/t13-/m1/s1. The molecule has 0 unspecified atom stereocenters. The summed E-state index contributed by atoms with van der Waals surface area (Å²) in [5.41, 5.74) is 4.25. The number of rotatable bonds is 2. The van der Waals surface area contributed by atoms with Crippen LogP contribution in [-0.4, -0.2) is 11.6 Å². The van der Waals surface area contributed by atoms with E-state index >= 15 is 0 Å².